The Kier molecular flexibility index (Phi) is 5.32. The molecule has 1 nitrogen and oxygen atoms in total. The van der Waals surface area contributed by atoms with Gasteiger partial charge in [0.15, 0.2) is 0 Å². The number of benzene rings is 1. The normalized spacial score (nSPS) is 26.9. The fourth-order valence-electron chi connectivity index (χ4n) is 3.63. The Balaban J connectivity index is 2.12. The monoisotopic (exact) mass is 311 g/mol. The lowest BCUT2D eigenvalue weighted by Gasteiger charge is -2.42. The van der Waals surface area contributed by atoms with Crippen LogP contribution in [0, 0.1) is 23.1 Å². The zero-order chi connectivity index (χ0) is 15.6. The lowest BCUT2D eigenvalue weighted by Crippen LogP contribution is -2.42. The lowest BCUT2D eigenvalue weighted by atomic mass is 9.66. The summed E-state index contributed by atoms with van der Waals surface area (Å²) < 4.78 is 13.6. The molecule has 1 fully saturated rings. The van der Waals surface area contributed by atoms with E-state index in [9.17, 15) is 4.39 Å². The van der Waals surface area contributed by atoms with E-state index in [4.69, 9.17) is 11.6 Å². The van der Waals surface area contributed by atoms with Crippen LogP contribution in [0.4, 0.5) is 4.39 Å². The van der Waals surface area contributed by atoms with Crippen LogP contribution in [0.3, 0.4) is 0 Å². The van der Waals surface area contributed by atoms with Gasteiger partial charge in [0, 0.05) is 6.04 Å². The minimum absolute atomic E-state index is 0.208. The minimum atomic E-state index is -0.307. The second-order valence-electron chi connectivity index (χ2n) is 7.48. The Morgan fingerprint density at radius 3 is 2.57 bits per heavy atom. The molecule has 0 aliphatic heterocycles. The number of nitrogens with one attached hydrogen (secondary N) is 1. The standard InChI is InChI=1S/C18H27ClFN/c1-18(2,3)14-6-8-17(21-4)13(11-14)9-12-5-7-15(19)16(20)10-12/h5,7,10,13-14,17,21H,6,8-9,11H2,1-4H3. The fourth-order valence-corrected chi connectivity index (χ4v) is 3.74. The summed E-state index contributed by atoms with van der Waals surface area (Å²) in [5.74, 6) is 0.996. The Morgan fingerprint density at radius 2 is 2.00 bits per heavy atom. The summed E-state index contributed by atoms with van der Waals surface area (Å²) in [4.78, 5) is 0. The maximum atomic E-state index is 13.6. The average Bonchev–Trinajstić information content (AvgIpc) is 2.42. The SMILES string of the molecule is CNC1CCC(C(C)(C)C)CC1Cc1ccc(Cl)c(F)c1. The van der Waals surface area contributed by atoms with Gasteiger partial charge < -0.3 is 5.32 Å². The van der Waals surface area contributed by atoms with E-state index in [2.05, 4.69) is 26.1 Å². The Bertz CT molecular complexity index is 481. The molecule has 0 amide bonds. The van der Waals surface area contributed by atoms with Crippen LogP contribution in [-0.4, -0.2) is 13.1 Å². The number of hydrogen-bond acceptors (Lipinski definition) is 1. The summed E-state index contributed by atoms with van der Waals surface area (Å²) >= 11 is 5.78. The van der Waals surface area contributed by atoms with Crippen LogP contribution in [0.5, 0.6) is 0 Å². The van der Waals surface area contributed by atoms with Crippen molar-refractivity contribution in [3.63, 3.8) is 0 Å². The van der Waals surface area contributed by atoms with Crippen molar-refractivity contribution in [1.82, 2.24) is 5.32 Å². The van der Waals surface area contributed by atoms with Crippen molar-refractivity contribution in [2.75, 3.05) is 7.05 Å². The smallest absolute Gasteiger partial charge is 0.142 e. The molecule has 1 aliphatic rings. The van der Waals surface area contributed by atoms with Gasteiger partial charge in [-0.3, -0.25) is 0 Å². The molecule has 3 unspecified atom stereocenters. The molecule has 0 spiro atoms. The molecule has 1 N–H and O–H groups in total. The molecule has 0 bridgehead atoms. The van der Waals surface area contributed by atoms with Gasteiger partial charge in [-0.2, -0.15) is 0 Å². The van der Waals surface area contributed by atoms with Crippen LogP contribution in [-0.2, 0) is 6.42 Å². The van der Waals surface area contributed by atoms with Gasteiger partial charge in [-0.15, -0.1) is 0 Å². The summed E-state index contributed by atoms with van der Waals surface area (Å²) in [6.07, 6.45) is 4.62. The highest BCUT2D eigenvalue weighted by atomic mass is 35.5. The van der Waals surface area contributed by atoms with Crippen molar-refractivity contribution < 1.29 is 4.39 Å². The molecular formula is C18H27ClFN. The first kappa shape index (κ1) is 16.8. The quantitative estimate of drug-likeness (QED) is 0.821. The van der Waals surface area contributed by atoms with E-state index >= 15 is 0 Å². The lowest BCUT2D eigenvalue weighted by molar-refractivity contribution is 0.116. The molecule has 0 radical (unpaired) electrons. The molecule has 1 saturated carbocycles. The summed E-state index contributed by atoms with van der Waals surface area (Å²) in [5.41, 5.74) is 1.40. The van der Waals surface area contributed by atoms with Crippen LogP contribution < -0.4 is 5.32 Å². The Labute approximate surface area is 133 Å². The van der Waals surface area contributed by atoms with Gasteiger partial charge in [-0.25, -0.2) is 4.39 Å². The second kappa shape index (κ2) is 6.66. The van der Waals surface area contributed by atoms with E-state index in [0.717, 1.165) is 17.9 Å². The van der Waals surface area contributed by atoms with Gasteiger partial charge in [0.2, 0.25) is 0 Å². The van der Waals surface area contributed by atoms with Gasteiger partial charge in [-0.1, -0.05) is 38.4 Å². The third-order valence-corrected chi connectivity index (χ3v) is 5.37. The highest BCUT2D eigenvalue weighted by Crippen LogP contribution is 2.41. The van der Waals surface area contributed by atoms with E-state index in [1.54, 1.807) is 12.1 Å². The first-order valence-electron chi connectivity index (χ1n) is 7.92. The fraction of sp³-hybridized carbons (Fsp3) is 0.667. The molecule has 118 valence electrons. The molecule has 2 rings (SSSR count). The van der Waals surface area contributed by atoms with E-state index in [0.29, 0.717) is 17.4 Å². The molecule has 1 aromatic rings. The first-order valence-corrected chi connectivity index (χ1v) is 8.30. The summed E-state index contributed by atoms with van der Waals surface area (Å²) in [7, 11) is 2.04. The zero-order valence-corrected chi connectivity index (χ0v) is 14.3. The summed E-state index contributed by atoms with van der Waals surface area (Å²) in [5, 5.41) is 3.66. The largest absolute Gasteiger partial charge is 0.317 e. The summed E-state index contributed by atoms with van der Waals surface area (Å²) in [6.45, 7) is 6.99. The number of hydrogen-bond donors (Lipinski definition) is 1. The third-order valence-electron chi connectivity index (χ3n) is 5.06. The Hall–Kier alpha value is -0.600. The topological polar surface area (TPSA) is 12.0 Å². The molecule has 3 heteroatoms. The van der Waals surface area contributed by atoms with Crippen molar-refractivity contribution >= 4 is 11.6 Å². The summed E-state index contributed by atoms with van der Waals surface area (Å²) in [6, 6.07) is 5.75. The van der Waals surface area contributed by atoms with Crippen molar-refractivity contribution in [3.05, 3.63) is 34.6 Å². The average molecular weight is 312 g/mol. The molecule has 1 aromatic carbocycles. The molecule has 21 heavy (non-hydrogen) atoms. The highest BCUT2D eigenvalue weighted by Gasteiger charge is 2.35. The predicted molar refractivity (Wildman–Crippen MR) is 88.2 cm³/mol. The van der Waals surface area contributed by atoms with Gasteiger partial charge in [-0.05, 0) is 67.7 Å². The van der Waals surface area contributed by atoms with Crippen molar-refractivity contribution in [2.45, 2.75) is 52.5 Å². The first-order chi connectivity index (χ1) is 9.81. The highest BCUT2D eigenvalue weighted by molar-refractivity contribution is 6.30. The van der Waals surface area contributed by atoms with E-state index in [-0.39, 0.29) is 10.8 Å². The van der Waals surface area contributed by atoms with Crippen LogP contribution in [0.2, 0.25) is 5.02 Å². The van der Waals surface area contributed by atoms with E-state index < -0.39 is 0 Å². The molecular weight excluding hydrogens is 285 g/mol. The molecule has 0 heterocycles. The van der Waals surface area contributed by atoms with Gasteiger partial charge in [0.05, 0.1) is 5.02 Å². The van der Waals surface area contributed by atoms with E-state index in [1.165, 1.54) is 19.3 Å². The number of rotatable bonds is 3. The molecule has 0 saturated heterocycles. The number of halogens is 2. The molecule has 3 atom stereocenters. The van der Waals surface area contributed by atoms with Crippen molar-refractivity contribution in [2.24, 2.45) is 17.3 Å². The van der Waals surface area contributed by atoms with Crippen LogP contribution >= 0.6 is 11.6 Å². The van der Waals surface area contributed by atoms with Crippen LogP contribution in [0.1, 0.15) is 45.6 Å². The minimum Gasteiger partial charge on any atom is -0.317 e. The molecule has 1 aliphatic carbocycles. The van der Waals surface area contributed by atoms with Gasteiger partial charge >= 0.3 is 0 Å². The van der Waals surface area contributed by atoms with Gasteiger partial charge in [0.1, 0.15) is 5.82 Å². The predicted octanol–water partition coefficient (Wildman–Crippen LogP) is 5.07. The molecule has 0 aromatic heterocycles. The van der Waals surface area contributed by atoms with E-state index in [1.807, 2.05) is 13.1 Å². The maximum absolute atomic E-state index is 13.6. The van der Waals surface area contributed by atoms with Crippen LogP contribution in [0.15, 0.2) is 18.2 Å². The van der Waals surface area contributed by atoms with Crippen LogP contribution in [0.25, 0.3) is 0 Å². The zero-order valence-electron chi connectivity index (χ0n) is 13.5. The van der Waals surface area contributed by atoms with Crippen molar-refractivity contribution in [3.8, 4) is 0 Å². The third kappa shape index (κ3) is 4.20. The van der Waals surface area contributed by atoms with Gasteiger partial charge in [0.25, 0.3) is 0 Å². The Morgan fingerprint density at radius 1 is 1.29 bits per heavy atom. The second-order valence-corrected chi connectivity index (χ2v) is 7.89. The van der Waals surface area contributed by atoms with Crippen molar-refractivity contribution in [1.29, 1.82) is 0 Å². The maximum Gasteiger partial charge on any atom is 0.142 e.